The molecule has 0 aliphatic heterocycles. The van der Waals surface area contributed by atoms with E-state index in [9.17, 15) is 0 Å². The first-order chi connectivity index (χ1) is 8.08. The second-order valence-electron chi connectivity index (χ2n) is 4.19. The van der Waals surface area contributed by atoms with Crippen LogP contribution in [0.3, 0.4) is 0 Å². The van der Waals surface area contributed by atoms with Crippen LogP contribution in [-0.2, 0) is 0 Å². The zero-order chi connectivity index (χ0) is 12.4. The third-order valence-corrected chi connectivity index (χ3v) is 2.76. The van der Waals surface area contributed by atoms with Gasteiger partial charge in [-0.1, -0.05) is 25.4 Å². The predicted molar refractivity (Wildman–Crippen MR) is 71.0 cm³/mol. The van der Waals surface area contributed by atoms with Crippen molar-refractivity contribution in [3.63, 3.8) is 0 Å². The first kappa shape index (κ1) is 11.9. The monoisotopic (exact) mass is 247 g/mol. The Labute approximate surface area is 106 Å². The molecule has 0 unspecified atom stereocenters. The number of nitrogens with zero attached hydrogens (tertiary/aromatic N) is 2. The van der Waals surface area contributed by atoms with Crippen molar-refractivity contribution < 1.29 is 0 Å². The minimum absolute atomic E-state index is 0.366. The summed E-state index contributed by atoms with van der Waals surface area (Å²) in [5, 5.41) is 0.617. The van der Waals surface area contributed by atoms with E-state index in [1.807, 2.05) is 12.1 Å². The minimum Gasteiger partial charge on any atom is -0.398 e. The Morgan fingerprint density at radius 2 is 2.00 bits per heavy atom. The Morgan fingerprint density at radius 1 is 1.24 bits per heavy atom. The molecule has 0 amide bonds. The molecule has 0 spiro atoms. The van der Waals surface area contributed by atoms with Crippen LogP contribution in [0.4, 0.5) is 5.69 Å². The highest BCUT2D eigenvalue weighted by atomic mass is 35.5. The van der Waals surface area contributed by atoms with E-state index in [1.165, 1.54) is 0 Å². The molecular weight excluding hydrogens is 234 g/mol. The molecule has 88 valence electrons. The molecule has 2 N–H and O–H groups in total. The van der Waals surface area contributed by atoms with Crippen LogP contribution in [0.25, 0.3) is 11.4 Å². The molecule has 0 aliphatic rings. The van der Waals surface area contributed by atoms with Gasteiger partial charge in [0.05, 0.1) is 0 Å². The van der Waals surface area contributed by atoms with Gasteiger partial charge in [0.15, 0.2) is 5.82 Å². The number of anilines is 1. The maximum absolute atomic E-state index is 5.92. The fraction of sp³-hybridized carbons (Fsp3) is 0.231. The lowest BCUT2D eigenvalue weighted by atomic mass is 10.1. The van der Waals surface area contributed by atoms with Crippen LogP contribution in [-0.4, -0.2) is 9.97 Å². The molecule has 4 heteroatoms. The van der Waals surface area contributed by atoms with Crippen LogP contribution in [0, 0.1) is 0 Å². The van der Waals surface area contributed by atoms with Gasteiger partial charge in [-0.3, -0.25) is 0 Å². The van der Waals surface area contributed by atoms with Crippen LogP contribution < -0.4 is 5.73 Å². The smallest absolute Gasteiger partial charge is 0.161 e. The SMILES string of the molecule is CC(C)c1ccnc(-c2ccc(Cl)cc2N)n1. The first-order valence-electron chi connectivity index (χ1n) is 5.46. The molecule has 3 nitrogen and oxygen atoms in total. The van der Waals surface area contributed by atoms with Gasteiger partial charge >= 0.3 is 0 Å². The van der Waals surface area contributed by atoms with Crippen molar-refractivity contribution in [2.45, 2.75) is 19.8 Å². The average molecular weight is 248 g/mol. The van der Waals surface area contributed by atoms with Gasteiger partial charge in [0, 0.05) is 28.2 Å². The van der Waals surface area contributed by atoms with Crippen molar-refractivity contribution in [2.75, 3.05) is 5.73 Å². The van der Waals surface area contributed by atoms with Crippen molar-refractivity contribution in [1.82, 2.24) is 9.97 Å². The second-order valence-corrected chi connectivity index (χ2v) is 4.63. The molecule has 0 bridgehead atoms. The summed E-state index contributed by atoms with van der Waals surface area (Å²) < 4.78 is 0. The van der Waals surface area contributed by atoms with Gasteiger partial charge in [0.25, 0.3) is 0 Å². The lowest BCUT2D eigenvalue weighted by Crippen LogP contribution is -1.99. The number of aromatic nitrogens is 2. The molecule has 0 saturated heterocycles. The maximum atomic E-state index is 5.92. The number of nitrogen functional groups attached to an aromatic ring is 1. The van der Waals surface area contributed by atoms with E-state index in [2.05, 4.69) is 23.8 Å². The number of rotatable bonds is 2. The summed E-state index contributed by atoms with van der Waals surface area (Å²) in [6, 6.07) is 7.26. The maximum Gasteiger partial charge on any atom is 0.161 e. The molecule has 2 rings (SSSR count). The van der Waals surface area contributed by atoms with E-state index in [4.69, 9.17) is 17.3 Å². The fourth-order valence-corrected chi connectivity index (χ4v) is 1.74. The van der Waals surface area contributed by atoms with E-state index in [0.717, 1.165) is 11.3 Å². The Balaban J connectivity index is 2.49. The molecule has 1 aromatic carbocycles. The zero-order valence-corrected chi connectivity index (χ0v) is 10.6. The summed E-state index contributed by atoms with van der Waals surface area (Å²) >= 11 is 5.87. The van der Waals surface area contributed by atoms with Gasteiger partial charge in [0.1, 0.15) is 0 Å². The van der Waals surface area contributed by atoms with Crippen molar-refractivity contribution in [3.05, 3.63) is 41.2 Å². The van der Waals surface area contributed by atoms with E-state index >= 15 is 0 Å². The Morgan fingerprint density at radius 3 is 2.65 bits per heavy atom. The van der Waals surface area contributed by atoms with Crippen molar-refractivity contribution >= 4 is 17.3 Å². The zero-order valence-electron chi connectivity index (χ0n) is 9.81. The van der Waals surface area contributed by atoms with Gasteiger partial charge in [-0.25, -0.2) is 9.97 Å². The third kappa shape index (κ3) is 2.56. The predicted octanol–water partition coefficient (Wildman–Crippen LogP) is 3.50. The van der Waals surface area contributed by atoms with Crippen LogP contribution in [0.2, 0.25) is 5.02 Å². The number of hydrogen-bond acceptors (Lipinski definition) is 3. The van der Waals surface area contributed by atoms with Crippen LogP contribution in [0.1, 0.15) is 25.5 Å². The van der Waals surface area contributed by atoms with E-state index in [1.54, 1.807) is 18.3 Å². The fourth-order valence-electron chi connectivity index (χ4n) is 1.56. The number of hydrogen-bond donors (Lipinski definition) is 1. The van der Waals surface area contributed by atoms with E-state index in [-0.39, 0.29) is 0 Å². The topological polar surface area (TPSA) is 51.8 Å². The normalized spacial score (nSPS) is 10.8. The average Bonchev–Trinajstić information content (AvgIpc) is 2.29. The van der Waals surface area contributed by atoms with Gasteiger partial charge in [-0.05, 0) is 30.2 Å². The highest BCUT2D eigenvalue weighted by Crippen LogP contribution is 2.26. The van der Waals surface area contributed by atoms with E-state index in [0.29, 0.717) is 22.5 Å². The number of halogens is 1. The lowest BCUT2D eigenvalue weighted by Gasteiger charge is -2.08. The Bertz CT molecular complexity index is 538. The summed E-state index contributed by atoms with van der Waals surface area (Å²) in [5.74, 6) is 1.01. The third-order valence-electron chi connectivity index (χ3n) is 2.52. The number of nitrogens with two attached hydrogens (primary N) is 1. The Hall–Kier alpha value is -1.61. The molecule has 1 aromatic heterocycles. The minimum atomic E-state index is 0.366. The van der Waals surface area contributed by atoms with Crippen LogP contribution in [0.5, 0.6) is 0 Å². The molecule has 0 radical (unpaired) electrons. The lowest BCUT2D eigenvalue weighted by molar-refractivity contribution is 0.817. The molecule has 2 aromatic rings. The van der Waals surface area contributed by atoms with Crippen molar-refractivity contribution in [1.29, 1.82) is 0 Å². The van der Waals surface area contributed by atoms with Crippen LogP contribution >= 0.6 is 11.6 Å². The molecular formula is C13H14ClN3. The van der Waals surface area contributed by atoms with E-state index < -0.39 is 0 Å². The molecule has 0 saturated carbocycles. The van der Waals surface area contributed by atoms with Gasteiger partial charge in [-0.2, -0.15) is 0 Å². The van der Waals surface area contributed by atoms with Gasteiger partial charge < -0.3 is 5.73 Å². The molecule has 0 fully saturated rings. The highest BCUT2D eigenvalue weighted by molar-refractivity contribution is 6.31. The Kier molecular flexibility index (Phi) is 3.29. The number of benzene rings is 1. The summed E-state index contributed by atoms with van der Waals surface area (Å²) in [6.07, 6.45) is 1.76. The summed E-state index contributed by atoms with van der Waals surface area (Å²) in [7, 11) is 0. The summed E-state index contributed by atoms with van der Waals surface area (Å²) in [5.41, 5.74) is 8.33. The van der Waals surface area contributed by atoms with Gasteiger partial charge in [0.2, 0.25) is 0 Å². The molecule has 1 heterocycles. The first-order valence-corrected chi connectivity index (χ1v) is 5.84. The summed E-state index contributed by atoms with van der Waals surface area (Å²) in [4.78, 5) is 8.75. The summed E-state index contributed by atoms with van der Waals surface area (Å²) in [6.45, 7) is 4.19. The highest BCUT2D eigenvalue weighted by Gasteiger charge is 2.08. The molecule has 17 heavy (non-hydrogen) atoms. The molecule has 0 aliphatic carbocycles. The van der Waals surface area contributed by atoms with Gasteiger partial charge in [-0.15, -0.1) is 0 Å². The van der Waals surface area contributed by atoms with Crippen LogP contribution in [0.15, 0.2) is 30.5 Å². The second kappa shape index (κ2) is 4.72. The molecule has 0 atom stereocenters. The quantitative estimate of drug-likeness (QED) is 0.827. The van der Waals surface area contributed by atoms with Crippen molar-refractivity contribution in [3.8, 4) is 11.4 Å². The largest absolute Gasteiger partial charge is 0.398 e. The van der Waals surface area contributed by atoms with Crippen molar-refractivity contribution in [2.24, 2.45) is 0 Å². The standard InChI is InChI=1S/C13H14ClN3/c1-8(2)12-5-6-16-13(17-12)10-4-3-9(14)7-11(10)15/h3-8H,15H2,1-2H3.